The molecule has 3 aromatic rings. The molecule has 0 saturated carbocycles. The second-order valence-electron chi connectivity index (χ2n) is 4.08. The van der Waals surface area contributed by atoms with Crippen molar-refractivity contribution in [3.05, 3.63) is 24.3 Å². The molecule has 3 rings (SSSR count). The molecule has 0 aliphatic rings. The number of aryl methyl sites for hydroxylation is 2. The summed E-state index contributed by atoms with van der Waals surface area (Å²) in [6.07, 6.45) is 4.36. The van der Waals surface area contributed by atoms with Crippen LogP contribution in [0.3, 0.4) is 0 Å². The van der Waals surface area contributed by atoms with Crippen molar-refractivity contribution in [2.75, 3.05) is 0 Å². The van der Waals surface area contributed by atoms with E-state index >= 15 is 0 Å². The Morgan fingerprint density at radius 1 is 1.20 bits per heavy atom. The maximum atomic E-state index is 11.4. The molecule has 3 aromatic heterocycles. The standard InChI is InChI=1S/C11H10N6O2S/c1-16-9-6(4-14-16)8(7(3-12-9)10(18)19)20-11-13-5-15-17(11)2/h3-5H,1-2H3,(H,18,19). The summed E-state index contributed by atoms with van der Waals surface area (Å²) in [6, 6.07) is 0. The van der Waals surface area contributed by atoms with Crippen LogP contribution in [0.15, 0.2) is 28.8 Å². The van der Waals surface area contributed by atoms with Gasteiger partial charge in [0.1, 0.15) is 6.33 Å². The third kappa shape index (κ3) is 1.92. The molecule has 8 nitrogen and oxygen atoms in total. The Bertz CT molecular complexity index is 808. The fraction of sp³-hybridized carbons (Fsp3) is 0.182. The van der Waals surface area contributed by atoms with E-state index in [1.54, 1.807) is 29.7 Å². The summed E-state index contributed by atoms with van der Waals surface area (Å²) in [5.74, 6) is -1.03. The Kier molecular flexibility index (Phi) is 2.90. The van der Waals surface area contributed by atoms with Crippen LogP contribution in [0.4, 0.5) is 0 Å². The van der Waals surface area contributed by atoms with Gasteiger partial charge in [-0.25, -0.2) is 19.4 Å². The summed E-state index contributed by atoms with van der Waals surface area (Å²) in [5.41, 5.74) is 0.748. The van der Waals surface area contributed by atoms with Gasteiger partial charge in [-0.2, -0.15) is 10.2 Å². The number of nitrogens with zero attached hydrogens (tertiary/aromatic N) is 6. The molecule has 0 fully saturated rings. The predicted molar refractivity (Wildman–Crippen MR) is 70.6 cm³/mol. The summed E-state index contributed by atoms with van der Waals surface area (Å²) >= 11 is 1.23. The predicted octanol–water partition coefficient (Wildman–Crippen LogP) is 0.946. The number of rotatable bonds is 3. The largest absolute Gasteiger partial charge is 0.478 e. The second kappa shape index (κ2) is 4.60. The first-order chi connectivity index (χ1) is 9.58. The highest BCUT2D eigenvalue weighted by molar-refractivity contribution is 7.99. The zero-order valence-electron chi connectivity index (χ0n) is 10.7. The van der Waals surface area contributed by atoms with Crippen LogP contribution in [0.5, 0.6) is 0 Å². The van der Waals surface area contributed by atoms with Gasteiger partial charge in [-0.05, 0) is 11.8 Å². The first-order valence-electron chi connectivity index (χ1n) is 5.63. The van der Waals surface area contributed by atoms with E-state index in [2.05, 4.69) is 20.2 Å². The number of carbonyl (C=O) groups is 1. The van der Waals surface area contributed by atoms with E-state index in [1.807, 2.05) is 0 Å². The molecule has 9 heteroatoms. The second-order valence-corrected chi connectivity index (χ2v) is 5.06. The number of aromatic carboxylic acids is 1. The maximum Gasteiger partial charge on any atom is 0.338 e. The van der Waals surface area contributed by atoms with Crippen LogP contribution >= 0.6 is 11.8 Å². The lowest BCUT2D eigenvalue weighted by Crippen LogP contribution is -2.02. The molecule has 3 heterocycles. The Morgan fingerprint density at radius 2 is 2.00 bits per heavy atom. The van der Waals surface area contributed by atoms with Gasteiger partial charge in [0.15, 0.2) is 10.8 Å². The molecule has 102 valence electrons. The van der Waals surface area contributed by atoms with Gasteiger partial charge in [0.05, 0.1) is 17.1 Å². The zero-order valence-corrected chi connectivity index (χ0v) is 11.5. The van der Waals surface area contributed by atoms with Crippen LogP contribution in [0.2, 0.25) is 0 Å². The van der Waals surface area contributed by atoms with Gasteiger partial charge in [-0.15, -0.1) is 0 Å². The van der Waals surface area contributed by atoms with E-state index in [0.29, 0.717) is 21.1 Å². The molecule has 20 heavy (non-hydrogen) atoms. The number of carboxylic acids is 1. The Balaban J connectivity index is 2.22. The fourth-order valence-electron chi connectivity index (χ4n) is 1.81. The minimum absolute atomic E-state index is 0.124. The topological polar surface area (TPSA) is 98.7 Å². The number of hydrogen-bond acceptors (Lipinski definition) is 6. The highest BCUT2D eigenvalue weighted by atomic mass is 32.2. The number of hydrogen-bond donors (Lipinski definition) is 1. The van der Waals surface area contributed by atoms with Crippen molar-refractivity contribution in [1.29, 1.82) is 0 Å². The molecule has 0 unspecified atom stereocenters. The van der Waals surface area contributed by atoms with Crippen LogP contribution in [-0.2, 0) is 14.1 Å². The van der Waals surface area contributed by atoms with Crippen molar-refractivity contribution in [3.63, 3.8) is 0 Å². The van der Waals surface area contributed by atoms with Gasteiger partial charge in [0.2, 0.25) is 0 Å². The van der Waals surface area contributed by atoms with Gasteiger partial charge in [-0.1, -0.05) is 0 Å². The van der Waals surface area contributed by atoms with Crippen LogP contribution < -0.4 is 0 Å². The molecule has 0 bridgehead atoms. The normalized spacial score (nSPS) is 11.1. The lowest BCUT2D eigenvalue weighted by Gasteiger charge is -2.06. The van der Waals surface area contributed by atoms with Crippen LogP contribution in [0, 0.1) is 0 Å². The van der Waals surface area contributed by atoms with E-state index in [9.17, 15) is 9.90 Å². The maximum absolute atomic E-state index is 11.4. The summed E-state index contributed by atoms with van der Waals surface area (Å²) in [5, 5.41) is 18.7. The first-order valence-corrected chi connectivity index (χ1v) is 6.45. The summed E-state index contributed by atoms with van der Waals surface area (Å²) in [7, 11) is 3.50. The third-order valence-corrected chi connectivity index (χ3v) is 4.00. The summed E-state index contributed by atoms with van der Waals surface area (Å²) in [6.45, 7) is 0. The molecule has 0 atom stereocenters. The van der Waals surface area contributed by atoms with Crippen molar-refractivity contribution in [2.24, 2.45) is 14.1 Å². The molecule has 0 aliphatic carbocycles. The minimum Gasteiger partial charge on any atom is -0.478 e. The van der Waals surface area contributed by atoms with Gasteiger partial charge in [0.25, 0.3) is 0 Å². The lowest BCUT2D eigenvalue weighted by atomic mass is 10.2. The Morgan fingerprint density at radius 3 is 2.65 bits per heavy atom. The van der Waals surface area contributed by atoms with E-state index in [-0.39, 0.29) is 5.56 Å². The average molecular weight is 290 g/mol. The quantitative estimate of drug-likeness (QED) is 0.766. The number of pyridine rings is 1. The number of aromatic nitrogens is 6. The molecule has 1 N–H and O–H groups in total. The van der Waals surface area contributed by atoms with Crippen molar-refractivity contribution in [2.45, 2.75) is 10.1 Å². The van der Waals surface area contributed by atoms with Crippen molar-refractivity contribution in [1.82, 2.24) is 29.5 Å². The van der Waals surface area contributed by atoms with Crippen LogP contribution in [0.25, 0.3) is 11.0 Å². The smallest absolute Gasteiger partial charge is 0.338 e. The van der Waals surface area contributed by atoms with Gasteiger partial charge in [0, 0.05) is 25.2 Å². The SMILES string of the molecule is Cn1ncnc1Sc1c(C(=O)O)cnc2c1cnn2C. The van der Waals surface area contributed by atoms with Gasteiger partial charge >= 0.3 is 5.97 Å². The lowest BCUT2D eigenvalue weighted by molar-refractivity contribution is 0.0693. The Hall–Kier alpha value is -2.42. The summed E-state index contributed by atoms with van der Waals surface area (Å²) in [4.78, 5) is 20.2. The number of carboxylic acid groups (broad SMARTS) is 1. The molecule has 0 spiro atoms. The highest BCUT2D eigenvalue weighted by Crippen LogP contribution is 2.34. The molecular formula is C11H10N6O2S. The van der Waals surface area contributed by atoms with E-state index < -0.39 is 5.97 Å². The third-order valence-electron chi connectivity index (χ3n) is 2.81. The van der Waals surface area contributed by atoms with Crippen molar-refractivity contribution in [3.8, 4) is 0 Å². The monoisotopic (exact) mass is 290 g/mol. The average Bonchev–Trinajstić information content (AvgIpc) is 2.97. The van der Waals surface area contributed by atoms with E-state index in [4.69, 9.17) is 0 Å². The van der Waals surface area contributed by atoms with Gasteiger partial charge < -0.3 is 5.11 Å². The molecule has 0 aromatic carbocycles. The highest BCUT2D eigenvalue weighted by Gasteiger charge is 2.19. The molecule has 0 amide bonds. The molecule has 0 saturated heterocycles. The van der Waals surface area contributed by atoms with Crippen LogP contribution in [0.1, 0.15) is 10.4 Å². The molecular weight excluding hydrogens is 280 g/mol. The van der Waals surface area contributed by atoms with Crippen LogP contribution in [-0.4, -0.2) is 40.6 Å². The van der Waals surface area contributed by atoms with E-state index in [0.717, 1.165) is 0 Å². The fourth-order valence-corrected chi connectivity index (χ4v) is 2.77. The minimum atomic E-state index is -1.03. The van der Waals surface area contributed by atoms with E-state index in [1.165, 1.54) is 24.3 Å². The van der Waals surface area contributed by atoms with Gasteiger partial charge in [-0.3, -0.25) is 4.68 Å². The van der Waals surface area contributed by atoms with Crippen molar-refractivity contribution >= 4 is 28.8 Å². The first kappa shape index (κ1) is 12.6. The summed E-state index contributed by atoms with van der Waals surface area (Å²) < 4.78 is 3.18. The molecule has 0 aliphatic heterocycles. The number of fused-ring (bicyclic) bond motifs is 1. The van der Waals surface area contributed by atoms with Crippen molar-refractivity contribution < 1.29 is 9.90 Å². The zero-order chi connectivity index (χ0) is 14.3. The molecule has 0 radical (unpaired) electrons. The Labute approximate surface area is 117 Å².